The molecule has 0 aliphatic heterocycles. The minimum atomic E-state index is -1.33. The van der Waals surface area contributed by atoms with Crippen LogP contribution in [0.3, 0.4) is 0 Å². The van der Waals surface area contributed by atoms with Crippen LogP contribution in [0.4, 0.5) is 4.39 Å². The van der Waals surface area contributed by atoms with E-state index < -0.39 is 11.5 Å². The van der Waals surface area contributed by atoms with E-state index in [1.165, 1.54) is 30.3 Å². The number of carboxylic acids is 1. The van der Waals surface area contributed by atoms with Crippen LogP contribution < -0.4 is 9.47 Å². The summed E-state index contributed by atoms with van der Waals surface area (Å²) in [7, 11) is 0. The number of carboxylic acid groups (broad SMARTS) is 1. The lowest BCUT2D eigenvalue weighted by Gasteiger charge is -2.14. The molecule has 0 heterocycles. The average molecular weight is 376 g/mol. The van der Waals surface area contributed by atoms with E-state index in [0.717, 1.165) is 5.56 Å². The van der Waals surface area contributed by atoms with Gasteiger partial charge in [-0.2, -0.15) is 5.26 Å². The van der Waals surface area contributed by atoms with Crippen LogP contribution in [0.25, 0.3) is 6.08 Å². The average Bonchev–Trinajstić information content (AvgIpc) is 2.60. The number of nitrogens with zero attached hydrogens (tertiary/aromatic N) is 1. The smallest absolute Gasteiger partial charge is 0.346 e. The number of hydrogen-bond donors (Lipinski definition) is 1. The Kier molecular flexibility index (Phi) is 6.59. The molecule has 0 aliphatic carbocycles. The van der Waals surface area contributed by atoms with E-state index in [2.05, 4.69) is 0 Å². The van der Waals surface area contributed by atoms with Crippen molar-refractivity contribution in [3.63, 3.8) is 0 Å². The zero-order valence-corrected chi connectivity index (χ0v) is 14.6. The normalized spacial score (nSPS) is 10.9. The van der Waals surface area contributed by atoms with Crippen molar-refractivity contribution in [2.45, 2.75) is 13.5 Å². The van der Waals surface area contributed by atoms with Crippen molar-refractivity contribution in [3.05, 3.63) is 63.9 Å². The van der Waals surface area contributed by atoms with Gasteiger partial charge in [0.25, 0.3) is 0 Å². The molecule has 134 valence electrons. The number of carbonyl (C=O) groups is 1. The topological polar surface area (TPSA) is 79.5 Å². The number of rotatable bonds is 7. The van der Waals surface area contributed by atoms with E-state index >= 15 is 0 Å². The number of nitriles is 1. The predicted octanol–water partition coefficient (Wildman–Crippen LogP) is 4.45. The van der Waals surface area contributed by atoms with Gasteiger partial charge in [-0.25, -0.2) is 9.18 Å². The van der Waals surface area contributed by atoms with Crippen molar-refractivity contribution in [2.24, 2.45) is 0 Å². The maximum Gasteiger partial charge on any atom is 0.346 e. The number of benzene rings is 2. The third kappa shape index (κ3) is 4.98. The summed E-state index contributed by atoms with van der Waals surface area (Å²) in [6.45, 7) is 2.26. The Morgan fingerprint density at radius 1 is 1.31 bits per heavy atom. The van der Waals surface area contributed by atoms with Crippen LogP contribution in [0.2, 0.25) is 5.02 Å². The molecule has 0 aliphatic rings. The number of hydrogen-bond acceptors (Lipinski definition) is 4. The molecule has 0 radical (unpaired) electrons. The van der Waals surface area contributed by atoms with E-state index in [-0.39, 0.29) is 23.2 Å². The van der Waals surface area contributed by atoms with Crippen LogP contribution in [-0.4, -0.2) is 17.7 Å². The van der Waals surface area contributed by atoms with Gasteiger partial charge in [0.05, 0.1) is 11.6 Å². The fourth-order valence-electron chi connectivity index (χ4n) is 2.12. The second-order valence-corrected chi connectivity index (χ2v) is 5.56. The number of ether oxygens (including phenoxy) is 2. The van der Waals surface area contributed by atoms with Crippen molar-refractivity contribution in [1.29, 1.82) is 5.26 Å². The molecule has 2 aromatic carbocycles. The van der Waals surface area contributed by atoms with Crippen LogP contribution in [0, 0.1) is 17.1 Å². The minimum Gasteiger partial charge on any atom is -0.490 e. The Morgan fingerprint density at radius 3 is 2.58 bits per heavy atom. The molecule has 0 saturated heterocycles. The third-order valence-electron chi connectivity index (χ3n) is 3.29. The molecule has 0 amide bonds. The van der Waals surface area contributed by atoms with Gasteiger partial charge >= 0.3 is 5.97 Å². The number of aliphatic carboxylic acids is 1. The highest BCUT2D eigenvalue weighted by molar-refractivity contribution is 6.32. The Labute approximate surface area is 154 Å². The van der Waals surface area contributed by atoms with Gasteiger partial charge in [0.1, 0.15) is 24.1 Å². The second kappa shape index (κ2) is 8.88. The first-order valence-corrected chi connectivity index (χ1v) is 8.01. The van der Waals surface area contributed by atoms with Gasteiger partial charge in [0.2, 0.25) is 0 Å². The molecule has 2 aromatic rings. The summed E-state index contributed by atoms with van der Waals surface area (Å²) < 4.78 is 24.2. The van der Waals surface area contributed by atoms with E-state index in [9.17, 15) is 9.18 Å². The molecule has 26 heavy (non-hydrogen) atoms. The second-order valence-electron chi connectivity index (χ2n) is 5.15. The summed E-state index contributed by atoms with van der Waals surface area (Å²) in [6, 6.07) is 10.4. The van der Waals surface area contributed by atoms with E-state index in [4.69, 9.17) is 31.4 Å². The molecule has 0 fully saturated rings. The van der Waals surface area contributed by atoms with Crippen molar-refractivity contribution in [3.8, 4) is 17.6 Å². The molecule has 1 N–H and O–H groups in total. The first kappa shape index (κ1) is 19.3. The molecular weight excluding hydrogens is 361 g/mol. The van der Waals surface area contributed by atoms with E-state index in [0.29, 0.717) is 17.9 Å². The largest absolute Gasteiger partial charge is 0.490 e. The van der Waals surface area contributed by atoms with Gasteiger partial charge in [0.15, 0.2) is 11.5 Å². The summed E-state index contributed by atoms with van der Waals surface area (Å²) >= 11 is 6.24. The molecule has 0 unspecified atom stereocenters. The Bertz CT molecular complexity index is 872. The monoisotopic (exact) mass is 375 g/mol. The van der Waals surface area contributed by atoms with Crippen molar-refractivity contribution in [2.75, 3.05) is 6.61 Å². The van der Waals surface area contributed by atoms with Crippen LogP contribution in [0.15, 0.2) is 42.0 Å². The van der Waals surface area contributed by atoms with Crippen LogP contribution in [0.5, 0.6) is 11.5 Å². The molecule has 0 bridgehead atoms. The van der Waals surface area contributed by atoms with Crippen LogP contribution >= 0.6 is 11.6 Å². The van der Waals surface area contributed by atoms with Crippen molar-refractivity contribution in [1.82, 2.24) is 0 Å². The summed E-state index contributed by atoms with van der Waals surface area (Å²) in [5.74, 6) is -1.08. The summed E-state index contributed by atoms with van der Waals surface area (Å²) in [6.07, 6.45) is 1.19. The Balaban J connectivity index is 2.32. The summed E-state index contributed by atoms with van der Waals surface area (Å²) in [5.41, 5.74) is 0.710. The highest BCUT2D eigenvalue weighted by atomic mass is 35.5. The maximum absolute atomic E-state index is 13.0. The molecule has 0 atom stereocenters. The van der Waals surface area contributed by atoms with Gasteiger partial charge in [-0.1, -0.05) is 23.7 Å². The standard InChI is InChI=1S/C19H15ClFNO4/c1-2-25-17-9-13(7-14(10-22)19(23)24)8-16(20)18(17)26-11-12-3-5-15(21)6-4-12/h3-9H,2,11H2,1H3,(H,23,24). The lowest BCUT2D eigenvalue weighted by atomic mass is 10.1. The highest BCUT2D eigenvalue weighted by Crippen LogP contribution is 2.37. The zero-order chi connectivity index (χ0) is 19.1. The van der Waals surface area contributed by atoms with E-state index in [1.807, 2.05) is 0 Å². The lowest BCUT2D eigenvalue weighted by molar-refractivity contribution is -0.132. The first-order chi connectivity index (χ1) is 12.4. The maximum atomic E-state index is 13.0. The zero-order valence-electron chi connectivity index (χ0n) is 13.8. The lowest BCUT2D eigenvalue weighted by Crippen LogP contribution is -2.01. The van der Waals surface area contributed by atoms with Crippen LogP contribution in [0.1, 0.15) is 18.1 Å². The Morgan fingerprint density at radius 2 is 2.00 bits per heavy atom. The fourth-order valence-corrected chi connectivity index (χ4v) is 2.39. The molecule has 0 aromatic heterocycles. The SMILES string of the molecule is CCOc1cc(C=C(C#N)C(=O)O)cc(Cl)c1OCc1ccc(F)cc1. The summed E-state index contributed by atoms with van der Waals surface area (Å²) in [5, 5.41) is 18.0. The summed E-state index contributed by atoms with van der Waals surface area (Å²) in [4.78, 5) is 11.0. The molecule has 0 spiro atoms. The Hall–Kier alpha value is -3.04. The predicted molar refractivity (Wildman–Crippen MR) is 94.6 cm³/mol. The van der Waals surface area contributed by atoms with Crippen molar-refractivity contribution >= 4 is 23.6 Å². The van der Waals surface area contributed by atoms with Crippen molar-refractivity contribution < 1.29 is 23.8 Å². The highest BCUT2D eigenvalue weighted by Gasteiger charge is 2.14. The van der Waals surface area contributed by atoms with Gasteiger partial charge in [-0.15, -0.1) is 0 Å². The molecule has 5 nitrogen and oxygen atoms in total. The molecule has 2 rings (SSSR count). The number of halogens is 2. The molecule has 7 heteroatoms. The molecular formula is C19H15ClFNO4. The van der Waals surface area contributed by atoms with Gasteiger partial charge in [-0.3, -0.25) is 0 Å². The third-order valence-corrected chi connectivity index (χ3v) is 3.57. The van der Waals surface area contributed by atoms with E-state index in [1.54, 1.807) is 25.1 Å². The van der Waals surface area contributed by atoms with Gasteiger partial charge in [0, 0.05) is 0 Å². The first-order valence-electron chi connectivity index (χ1n) is 7.63. The van der Waals surface area contributed by atoms with Gasteiger partial charge < -0.3 is 14.6 Å². The van der Waals surface area contributed by atoms with Gasteiger partial charge in [-0.05, 0) is 48.4 Å². The molecule has 0 saturated carbocycles. The minimum absolute atomic E-state index is 0.147. The van der Waals surface area contributed by atoms with Crippen LogP contribution in [-0.2, 0) is 11.4 Å². The quantitative estimate of drug-likeness (QED) is 0.571. The fraction of sp³-hybridized carbons (Fsp3) is 0.158.